The lowest BCUT2D eigenvalue weighted by Gasteiger charge is -1.94. The van der Waals surface area contributed by atoms with Gasteiger partial charge in [-0.3, -0.25) is 9.59 Å². The lowest BCUT2D eigenvalue weighted by atomic mass is 10.2. The lowest BCUT2D eigenvalue weighted by molar-refractivity contribution is 0.0939. The zero-order valence-electron chi connectivity index (χ0n) is 11.9. The monoisotopic (exact) mass is 297 g/mol. The number of para-hydroxylation sites is 1. The zero-order valence-corrected chi connectivity index (χ0v) is 12.7. The van der Waals surface area contributed by atoms with E-state index in [0.29, 0.717) is 5.52 Å². The number of nitrogens with zero attached hydrogens (tertiary/aromatic N) is 1. The van der Waals surface area contributed by atoms with E-state index in [1.807, 2.05) is 18.2 Å². The maximum absolute atomic E-state index is 11.3. The van der Waals surface area contributed by atoms with Gasteiger partial charge in [-0.05, 0) is 42.2 Å². The normalized spacial score (nSPS) is 15.2. The minimum absolute atomic E-state index is 0.214. The number of fused-ring (bicyclic) bond motifs is 3. The van der Waals surface area contributed by atoms with Crippen LogP contribution in [-0.2, 0) is 0 Å². The summed E-state index contributed by atoms with van der Waals surface area (Å²) in [6, 6.07) is 7.27. The first-order valence-electron chi connectivity index (χ1n) is 6.76. The van der Waals surface area contributed by atoms with Crippen LogP contribution in [0, 0.1) is 0 Å². The van der Waals surface area contributed by atoms with Gasteiger partial charge >= 0.3 is 4.87 Å². The molecule has 0 fully saturated rings. The molecule has 0 N–H and O–H groups in total. The van der Waals surface area contributed by atoms with Crippen LogP contribution in [0.15, 0.2) is 64.0 Å². The van der Waals surface area contributed by atoms with Gasteiger partial charge in [-0.1, -0.05) is 41.7 Å². The summed E-state index contributed by atoms with van der Waals surface area (Å²) in [5.74, 6) is -0.234. The Morgan fingerprint density at radius 2 is 2.00 bits per heavy atom. The van der Waals surface area contributed by atoms with Crippen molar-refractivity contribution in [3.05, 3.63) is 68.9 Å². The molecule has 4 rings (SSSR count). The molecule has 0 saturated carbocycles. The molecule has 4 heteroatoms. The molecule has 21 heavy (non-hydrogen) atoms. The van der Waals surface area contributed by atoms with Gasteiger partial charge in [0.1, 0.15) is 0 Å². The molecule has 2 aliphatic carbocycles. The zero-order chi connectivity index (χ0) is 15.0. The van der Waals surface area contributed by atoms with E-state index in [-0.39, 0.29) is 10.8 Å². The number of hydrogen-bond donors (Lipinski definition) is 0. The van der Waals surface area contributed by atoms with Crippen molar-refractivity contribution < 1.29 is 4.79 Å². The van der Waals surface area contributed by atoms with E-state index >= 15 is 0 Å². The molecule has 1 aromatic carbocycles. The fourth-order valence-electron chi connectivity index (χ4n) is 2.55. The molecule has 1 heterocycles. The van der Waals surface area contributed by atoms with Gasteiger partial charge in [0.25, 0.3) is 0 Å². The van der Waals surface area contributed by atoms with Crippen LogP contribution in [0.25, 0.3) is 10.2 Å². The highest BCUT2D eigenvalue weighted by Gasteiger charge is 2.13. The summed E-state index contributed by atoms with van der Waals surface area (Å²) >= 11 is 1.09. The van der Waals surface area contributed by atoms with Crippen LogP contribution in [0.3, 0.4) is 0 Å². The Morgan fingerprint density at radius 1 is 1.24 bits per heavy atom. The number of allylic oxidation sites excluding steroid dienone is 6. The van der Waals surface area contributed by atoms with Crippen LogP contribution < -0.4 is 4.87 Å². The van der Waals surface area contributed by atoms with Crippen LogP contribution in [0.5, 0.6) is 0 Å². The second kappa shape index (κ2) is 5.30. The van der Waals surface area contributed by atoms with E-state index in [9.17, 15) is 9.59 Å². The Morgan fingerprint density at radius 3 is 2.52 bits per heavy atom. The standard InChI is InChI=1S/C9H7NO2S.C8H8/c1-6(11)10-7-4-2-3-5-8(7)13-9(10)12;1-6-4-7-2-3-8(6)5-7/h2-5H,1H3;2-4H,5H2,1H3. The van der Waals surface area contributed by atoms with Crippen LogP contribution in [0.4, 0.5) is 0 Å². The van der Waals surface area contributed by atoms with Crippen molar-refractivity contribution >= 4 is 27.5 Å². The minimum atomic E-state index is -0.234. The average molecular weight is 297 g/mol. The Hall–Kier alpha value is -2.20. The number of aromatic nitrogens is 1. The first-order chi connectivity index (χ1) is 10.1. The SMILES string of the molecule is CC(=O)n1c(=O)sc2ccccc21.CC1=C2C=CC(=C1)C2. The number of rotatable bonds is 0. The van der Waals surface area contributed by atoms with Crippen molar-refractivity contribution in [3.8, 4) is 0 Å². The minimum Gasteiger partial charge on any atom is -0.274 e. The smallest absolute Gasteiger partial charge is 0.274 e. The van der Waals surface area contributed by atoms with E-state index in [4.69, 9.17) is 0 Å². The number of thiazole rings is 1. The maximum atomic E-state index is 11.3. The van der Waals surface area contributed by atoms with Gasteiger partial charge in [-0.25, -0.2) is 4.57 Å². The summed E-state index contributed by atoms with van der Waals surface area (Å²) in [5.41, 5.74) is 5.16. The highest BCUT2D eigenvalue weighted by molar-refractivity contribution is 7.16. The van der Waals surface area contributed by atoms with Crippen LogP contribution in [-0.4, -0.2) is 10.5 Å². The van der Waals surface area contributed by atoms with E-state index in [1.165, 1.54) is 34.6 Å². The predicted molar refractivity (Wildman–Crippen MR) is 86.9 cm³/mol. The van der Waals surface area contributed by atoms with Crippen LogP contribution in [0.2, 0.25) is 0 Å². The first-order valence-corrected chi connectivity index (χ1v) is 7.58. The maximum Gasteiger partial charge on any atom is 0.314 e. The molecule has 2 bridgehead atoms. The molecule has 0 spiro atoms. The van der Waals surface area contributed by atoms with Gasteiger partial charge in [0.15, 0.2) is 0 Å². The third-order valence-corrected chi connectivity index (χ3v) is 4.52. The summed E-state index contributed by atoms with van der Waals surface area (Å²) in [7, 11) is 0. The van der Waals surface area contributed by atoms with Gasteiger partial charge in [0.05, 0.1) is 10.2 Å². The molecular weight excluding hydrogens is 282 g/mol. The van der Waals surface area contributed by atoms with Crippen LogP contribution >= 0.6 is 11.3 Å². The van der Waals surface area contributed by atoms with E-state index < -0.39 is 0 Å². The molecule has 1 aromatic heterocycles. The molecule has 2 aliphatic rings. The quantitative estimate of drug-likeness (QED) is 0.739. The fraction of sp³-hybridized carbons (Fsp3) is 0.176. The first kappa shape index (κ1) is 13.8. The third kappa shape index (κ3) is 2.54. The summed E-state index contributed by atoms with van der Waals surface area (Å²) in [6.45, 7) is 3.56. The predicted octanol–water partition coefficient (Wildman–Crippen LogP) is 3.93. The fourth-order valence-corrected chi connectivity index (χ4v) is 3.47. The topological polar surface area (TPSA) is 39.1 Å². The largest absolute Gasteiger partial charge is 0.314 e. The lowest BCUT2D eigenvalue weighted by Crippen LogP contribution is -2.18. The molecule has 0 radical (unpaired) electrons. The van der Waals surface area contributed by atoms with Gasteiger partial charge in [0.2, 0.25) is 5.91 Å². The summed E-state index contributed by atoms with van der Waals surface area (Å²) in [5, 5.41) is 0. The van der Waals surface area contributed by atoms with Crippen molar-refractivity contribution in [2.24, 2.45) is 0 Å². The van der Waals surface area contributed by atoms with E-state index in [1.54, 1.807) is 6.07 Å². The summed E-state index contributed by atoms with van der Waals surface area (Å²) in [6.07, 6.45) is 7.87. The van der Waals surface area contributed by atoms with Gasteiger partial charge in [-0.15, -0.1) is 0 Å². The van der Waals surface area contributed by atoms with E-state index in [2.05, 4.69) is 25.2 Å². The highest BCUT2D eigenvalue weighted by Crippen LogP contribution is 2.32. The van der Waals surface area contributed by atoms with Gasteiger partial charge in [-0.2, -0.15) is 0 Å². The Labute approximate surface area is 126 Å². The molecular formula is C17H15NO2S. The number of hydrogen-bond acceptors (Lipinski definition) is 3. The third-order valence-electron chi connectivity index (χ3n) is 3.60. The molecule has 106 valence electrons. The second-order valence-electron chi connectivity index (χ2n) is 5.13. The molecule has 0 saturated heterocycles. The van der Waals surface area contributed by atoms with Gasteiger partial charge < -0.3 is 0 Å². The Bertz CT molecular complexity index is 878. The molecule has 0 atom stereocenters. The number of carbonyl (C=O) groups excluding carboxylic acids is 1. The molecule has 3 nitrogen and oxygen atoms in total. The van der Waals surface area contributed by atoms with Crippen LogP contribution in [0.1, 0.15) is 25.1 Å². The van der Waals surface area contributed by atoms with Crippen molar-refractivity contribution in [2.45, 2.75) is 20.3 Å². The van der Waals surface area contributed by atoms with E-state index in [0.717, 1.165) is 16.0 Å². The number of benzene rings is 1. The Balaban J connectivity index is 0.000000140. The summed E-state index contributed by atoms with van der Waals surface area (Å²) < 4.78 is 2.04. The highest BCUT2D eigenvalue weighted by atomic mass is 32.1. The van der Waals surface area contributed by atoms with Crippen molar-refractivity contribution in [3.63, 3.8) is 0 Å². The molecule has 2 aromatic rings. The summed E-state index contributed by atoms with van der Waals surface area (Å²) in [4.78, 5) is 22.2. The molecule has 0 amide bonds. The number of carbonyl (C=O) groups is 1. The van der Waals surface area contributed by atoms with Crippen molar-refractivity contribution in [1.29, 1.82) is 0 Å². The van der Waals surface area contributed by atoms with Gasteiger partial charge in [0, 0.05) is 6.92 Å². The average Bonchev–Trinajstić information content (AvgIpc) is 3.10. The van der Waals surface area contributed by atoms with Crippen molar-refractivity contribution in [2.75, 3.05) is 0 Å². The Kier molecular flexibility index (Phi) is 3.47. The molecule has 0 aliphatic heterocycles. The van der Waals surface area contributed by atoms with Crippen molar-refractivity contribution in [1.82, 2.24) is 4.57 Å². The molecule has 0 unspecified atom stereocenters. The second-order valence-corrected chi connectivity index (χ2v) is 6.12.